The van der Waals surface area contributed by atoms with Gasteiger partial charge in [0.05, 0.1) is 0 Å². The van der Waals surface area contributed by atoms with Crippen molar-refractivity contribution in [3.05, 3.63) is 30.3 Å². The van der Waals surface area contributed by atoms with Gasteiger partial charge < -0.3 is 5.32 Å². The minimum atomic E-state index is -0.869. The predicted octanol–water partition coefficient (Wildman–Crippen LogP) is 3.15. The van der Waals surface area contributed by atoms with Crippen molar-refractivity contribution < 1.29 is 9.18 Å². The van der Waals surface area contributed by atoms with Gasteiger partial charge in [-0.3, -0.25) is 4.79 Å². The fourth-order valence-corrected chi connectivity index (χ4v) is 1.24. The van der Waals surface area contributed by atoms with Crippen molar-refractivity contribution in [3.63, 3.8) is 0 Å². The van der Waals surface area contributed by atoms with E-state index >= 15 is 0 Å². The van der Waals surface area contributed by atoms with Crippen LogP contribution in [-0.4, -0.2) is 12.1 Å². The zero-order valence-corrected chi connectivity index (χ0v) is 8.87. The first-order valence-electron chi connectivity index (χ1n) is 5.21. The predicted molar refractivity (Wildman–Crippen MR) is 59.5 cm³/mol. The zero-order chi connectivity index (χ0) is 11.1. The number of halogens is 1. The minimum Gasteiger partial charge on any atom is -0.326 e. The van der Waals surface area contributed by atoms with Crippen molar-refractivity contribution in [2.45, 2.75) is 32.4 Å². The van der Waals surface area contributed by atoms with Crippen molar-refractivity contribution in [3.8, 4) is 0 Å². The van der Waals surface area contributed by atoms with Gasteiger partial charge in [0, 0.05) is 12.1 Å². The third kappa shape index (κ3) is 4.58. The number of para-hydroxylation sites is 1. The fraction of sp³-hybridized carbons (Fsp3) is 0.417. The summed E-state index contributed by atoms with van der Waals surface area (Å²) in [5, 5.41) is 2.72. The highest BCUT2D eigenvalue weighted by Crippen LogP contribution is 2.09. The van der Waals surface area contributed by atoms with Crippen LogP contribution in [0.25, 0.3) is 0 Å². The van der Waals surface area contributed by atoms with Crippen molar-refractivity contribution in [2.24, 2.45) is 0 Å². The lowest BCUT2D eigenvalue weighted by Gasteiger charge is -2.06. The molecule has 0 saturated heterocycles. The Labute approximate surface area is 89.5 Å². The highest BCUT2D eigenvalue weighted by molar-refractivity contribution is 5.90. The number of amides is 1. The summed E-state index contributed by atoms with van der Waals surface area (Å²) >= 11 is 0. The van der Waals surface area contributed by atoms with Crippen LogP contribution in [-0.2, 0) is 4.79 Å². The molecule has 0 heterocycles. The number of carbonyl (C=O) groups is 1. The summed E-state index contributed by atoms with van der Waals surface area (Å²) in [4.78, 5) is 11.4. The second-order valence-corrected chi connectivity index (χ2v) is 3.46. The van der Waals surface area contributed by atoms with Gasteiger partial charge in [-0.05, 0) is 25.0 Å². The fourth-order valence-electron chi connectivity index (χ4n) is 1.24. The van der Waals surface area contributed by atoms with Gasteiger partial charge in [-0.25, -0.2) is 4.39 Å². The van der Waals surface area contributed by atoms with Gasteiger partial charge in [-0.2, -0.15) is 0 Å². The molecule has 0 aromatic heterocycles. The molecule has 1 unspecified atom stereocenters. The van der Waals surface area contributed by atoms with Crippen molar-refractivity contribution in [1.82, 2.24) is 0 Å². The lowest BCUT2D eigenvalue weighted by atomic mass is 10.1. The molecular weight excluding hydrogens is 193 g/mol. The maximum atomic E-state index is 12.9. The summed E-state index contributed by atoms with van der Waals surface area (Å²) in [6.07, 6.45) is 0.143. The van der Waals surface area contributed by atoms with Crippen molar-refractivity contribution >= 4 is 11.6 Å². The van der Waals surface area contributed by atoms with E-state index in [1.54, 1.807) is 6.92 Å². The van der Waals surface area contributed by atoms with Crippen LogP contribution < -0.4 is 5.32 Å². The van der Waals surface area contributed by atoms with Crippen LogP contribution in [0.2, 0.25) is 0 Å². The zero-order valence-electron chi connectivity index (χ0n) is 8.87. The maximum absolute atomic E-state index is 12.9. The molecule has 15 heavy (non-hydrogen) atoms. The number of carbonyl (C=O) groups excluding carboxylic acids is 1. The van der Waals surface area contributed by atoms with Crippen LogP contribution in [0.1, 0.15) is 26.2 Å². The summed E-state index contributed by atoms with van der Waals surface area (Å²) in [5.41, 5.74) is 0.759. The van der Waals surface area contributed by atoms with Gasteiger partial charge in [-0.15, -0.1) is 0 Å². The number of hydrogen-bond acceptors (Lipinski definition) is 1. The molecule has 0 spiro atoms. The molecule has 0 radical (unpaired) electrons. The molecule has 1 amide bonds. The number of rotatable bonds is 5. The second-order valence-electron chi connectivity index (χ2n) is 3.46. The van der Waals surface area contributed by atoms with Crippen LogP contribution in [0.5, 0.6) is 0 Å². The summed E-state index contributed by atoms with van der Waals surface area (Å²) < 4.78 is 12.9. The van der Waals surface area contributed by atoms with Crippen LogP contribution >= 0.6 is 0 Å². The summed E-state index contributed by atoms with van der Waals surface area (Å²) in [5.74, 6) is -0.127. The number of nitrogens with one attached hydrogen (secondary N) is 1. The average molecular weight is 209 g/mol. The monoisotopic (exact) mass is 209 g/mol. The third-order valence-corrected chi connectivity index (χ3v) is 2.19. The highest BCUT2D eigenvalue weighted by Gasteiger charge is 2.07. The van der Waals surface area contributed by atoms with Gasteiger partial charge in [0.2, 0.25) is 5.91 Å². The van der Waals surface area contributed by atoms with Crippen LogP contribution in [0.15, 0.2) is 30.3 Å². The van der Waals surface area contributed by atoms with Crippen molar-refractivity contribution in [2.75, 3.05) is 5.32 Å². The van der Waals surface area contributed by atoms with E-state index in [4.69, 9.17) is 0 Å². The molecule has 1 atom stereocenters. The highest BCUT2D eigenvalue weighted by atomic mass is 19.1. The topological polar surface area (TPSA) is 29.1 Å². The molecule has 0 saturated carbocycles. The summed E-state index contributed by atoms with van der Waals surface area (Å²) in [7, 11) is 0. The Morgan fingerprint density at radius 3 is 2.67 bits per heavy atom. The molecule has 1 aromatic rings. The van der Waals surface area contributed by atoms with E-state index in [1.807, 2.05) is 30.3 Å². The lowest BCUT2D eigenvalue weighted by molar-refractivity contribution is -0.116. The number of hydrogen-bond donors (Lipinski definition) is 1. The normalized spacial score (nSPS) is 12.1. The van der Waals surface area contributed by atoms with Gasteiger partial charge in [0.15, 0.2) is 0 Å². The molecule has 0 aliphatic heterocycles. The molecule has 0 fully saturated rings. The molecule has 3 heteroatoms. The van der Waals surface area contributed by atoms with Crippen LogP contribution in [0.4, 0.5) is 10.1 Å². The van der Waals surface area contributed by atoms with Crippen molar-refractivity contribution in [1.29, 1.82) is 0 Å². The second kappa shape index (κ2) is 6.17. The van der Waals surface area contributed by atoms with Gasteiger partial charge >= 0.3 is 0 Å². The van der Waals surface area contributed by atoms with Gasteiger partial charge in [0.1, 0.15) is 6.17 Å². The number of benzene rings is 1. The Kier molecular flexibility index (Phi) is 4.81. The first-order valence-corrected chi connectivity index (χ1v) is 5.21. The first-order chi connectivity index (χ1) is 7.22. The molecule has 82 valence electrons. The standard InChI is InChI=1S/C12H16FNO/c1-2-10(13)8-9-12(15)14-11-6-4-3-5-7-11/h3-7,10H,2,8-9H2,1H3,(H,14,15). The Morgan fingerprint density at radius 1 is 1.40 bits per heavy atom. The number of anilines is 1. The van der Waals surface area contributed by atoms with E-state index in [-0.39, 0.29) is 12.3 Å². The van der Waals surface area contributed by atoms with E-state index in [2.05, 4.69) is 5.32 Å². The van der Waals surface area contributed by atoms with E-state index in [9.17, 15) is 9.18 Å². The molecule has 0 aliphatic carbocycles. The first kappa shape index (κ1) is 11.7. The lowest BCUT2D eigenvalue weighted by Crippen LogP contribution is -2.13. The Morgan fingerprint density at radius 2 is 2.07 bits per heavy atom. The number of alkyl halides is 1. The summed E-state index contributed by atoms with van der Waals surface area (Å²) in [6.45, 7) is 1.78. The van der Waals surface area contributed by atoms with E-state index in [0.717, 1.165) is 5.69 Å². The molecular formula is C12H16FNO. The molecule has 1 rings (SSSR count). The van der Waals surface area contributed by atoms with E-state index < -0.39 is 6.17 Å². The average Bonchev–Trinajstić information content (AvgIpc) is 2.27. The molecule has 1 N–H and O–H groups in total. The molecule has 2 nitrogen and oxygen atoms in total. The van der Waals surface area contributed by atoms with E-state index in [0.29, 0.717) is 12.8 Å². The van der Waals surface area contributed by atoms with Gasteiger partial charge in [-0.1, -0.05) is 25.1 Å². The SMILES string of the molecule is CCC(F)CCC(=O)Nc1ccccc1. The van der Waals surface area contributed by atoms with Gasteiger partial charge in [0.25, 0.3) is 0 Å². The largest absolute Gasteiger partial charge is 0.326 e. The third-order valence-electron chi connectivity index (χ3n) is 2.19. The molecule has 1 aromatic carbocycles. The Balaban J connectivity index is 2.31. The Hall–Kier alpha value is -1.38. The quantitative estimate of drug-likeness (QED) is 0.793. The van der Waals surface area contributed by atoms with E-state index in [1.165, 1.54) is 0 Å². The Bertz CT molecular complexity index is 300. The smallest absolute Gasteiger partial charge is 0.224 e. The summed E-state index contributed by atoms with van der Waals surface area (Å²) in [6, 6.07) is 9.19. The maximum Gasteiger partial charge on any atom is 0.224 e. The minimum absolute atomic E-state index is 0.127. The molecule has 0 bridgehead atoms. The van der Waals surface area contributed by atoms with Crippen LogP contribution in [0.3, 0.4) is 0 Å². The van der Waals surface area contributed by atoms with Crippen LogP contribution in [0, 0.1) is 0 Å². The molecule has 0 aliphatic rings.